The molecule has 0 saturated heterocycles. The molecule has 4 aromatic rings. The summed E-state index contributed by atoms with van der Waals surface area (Å²) >= 11 is 0. The summed E-state index contributed by atoms with van der Waals surface area (Å²) in [7, 11) is 0. The normalized spacial score (nSPS) is 12.1. The van der Waals surface area contributed by atoms with E-state index < -0.39 is 0 Å². The fraction of sp³-hybridized carbons (Fsp3) is 0.417. The van der Waals surface area contributed by atoms with E-state index in [1.807, 2.05) is 65.4 Å². The van der Waals surface area contributed by atoms with Gasteiger partial charge in [-0.15, -0.1) is 0 Å². The SMILES string of the molecule is CC(C)CCn1c(Cn2c(=O)n(C(C)C)c3ccccc32)nc2ccc(CO)cc21. The molecule has 2 heterocycles. The van der Waals surface area contributed by atoms with Gasteiger partial charge in [0.2, 0.25) is 0 Å². The number of nitrogens with zero attached hydrogens (tertiary/aromatic N) is 4. The molecule has 6 nitrogen and oxygen atoms in total. The molecule has 0 aliphatic heterocycles. The van der Waals surface area contributed by atoms with E-state index in [2.05, 4.69) is 18.4 Å². The lowest BCUT2D eigenvalue weighted by atomic mass is 10.1. The van der Waals surface area contributed by atoms with Crippen LogP contribution < -0.4 is 5.69 Å². The van der Waals surface area contributed by atoms with E-state index in [9.17, 15) is 9.90 Å². The van der Waals surface area contributed by atoms with Crippen molar-refractivity contribution in [3.8, 4) is 0 Å². The van der Waals surface area contributed by atoms with Crippen molar-refractivity contribution < 1.29 is 5.11 Å². The number of aliphatic hydroxyl groups is 1. The first-order valence-electron chi connectivity index (χ1n) is 10.7. The van der Waals surface area contributed by atoms with Crippen molar-refractivity contribution in [3.63, 3.8) is 0 Å². The molecule has 0 spiro atoms. The highest BCUT2D eigenvalue weighted by Crippen LogP contribution is 2.23. The van der Waals surface area contributed by atoms with Gasteiger partial charge in [-0.1, -0.05) is 32.0 Å². The second-order valence-corrected chi connectivity index (χ2v) is 8.66. The third-order valence-corrected chi connectivity index (χ3v) is 5.69. The molecule has 2 aromatic heterocycles. The summed E-state index contributed by atoms with van der Waals surface area (Å²) in [5, 5.41) is 9.58. The average Bonchev–Trinajstić information content (AvgIpc) is 3.20. The molecule has 2 aromatic carbocycles. The molecule has 0 bridgehead atoms. The molecule has 30 heavy (non-hydrogen) atoms. The second kappa shape index (κ2) is 8.11. The lowest BCUT2D eigenvalue weighted by molar-refractivity contribution is 0.282. The van der Waals surface area contributed by atoms with Gasteiger partial charge in [0.1, 0.15) is 5.82 Å². The monoisotopic (exact) mass is 406 g/mol. The van der Waals surface area contributed by atoms with Crippen LogP contribution >= 0.6 is 0 Å². The fourth-order valence-corrected chi connectivity index (χ4v) is 4.10. The van der Waals surface area contributed by atoms with Gasteiger partial charge in [-0.3, -0.25) is 9.13 Å². The van der Waals surface area contributed by atoms with Crippen molar-refractivity contribution in [2.45, 2.75) is 59.9 Å². The summed E-state index contributed by atoms with van der Waals surface area (Å²) in [6.07, 6.45) is 1.02. The van der Waals surface area contributed by atoms with Crippen LogP contribution in [0.2, 0.25) is 0 Å². The van der Waals surface area contributed by atoms with E-state index in [1.54, 1.807) is 0 Å². The molecule has 1 N–H and O–H groups in total. The molecule has 0 fully saturated rings. The maximum atomic E-state index is 13.3. The molecular weight excluding hydrogens is 376 g/mol. The molecule has 0 unspecified atom stereocenters. The number of imidazole rings is 2. The van der Waals surface area contributed by atoms with Gasteiger partial charge in [-0.2, -0.15) is 0 Å². The van der Waals surface area contributed by atoms with Crippen molar-refractivity contribution in [2.24, 2.45) is 5.92 Å². The highest BCUT2D eigenvalue weighted by atomic mass is 16.3. The van der Waals surface area contributed by atoms with Crippen LogP contribution in [0.15, 0.2) is 47.3 Å². The van der Waals surface area contributed by atoms with Gasteiger partial charge in [-0.25, -0.2) is 9.78 Å². The van der Waals surface area contributed by atoms with Gasteiger partial charge in [-0.05, 0) is 56.0 Å². The summed E-state index contributed by atoms with van der Waals surface area (Å²) in [5.41, 5.74) is 4.64. The number of aliphatic hydroxyl groups excluding tert-OH is 1. The molecule has 0 atom stereocenters. The average molecular weight is 407 g/mol. The van der Waals surface area contributed by atoms with Crippen LogP contribution in [-0.4, -0.2) is 23.8 Å². The Morgan fingerprint density at radius 3 is 2.37 bits per heavy atom. The Bertz CT molecular complexity index is 1240. The lowest BCUT2D eigenvalue weighted by Crippen LogP contribution is -2.27. The number of para-hydroxylation sites is 2. The van der Waals surface area contributed by atoms with Crippen LogP contribution in [0.3, 0.4) is 0 Å². The van der Waals surface area contributed by atoms with Crippen LogP contribution in [0.1, 0.15) is 51.5 Å². The molecule has 6 heteroatoms. The van der Waals surface area contributed by atoms with Crippen LogP contribution in [0.25, 0.3) is 22.1 Å². The zero-order valence-corrected chi connectivity index (χ0v) is 18.2. The van der Waals surface area contributed by atoms with E-state index in [4.69, 9.17) is 4.98 Å². The third kappa shape index (κ3) is 3.56. The second-order valence-electron chi connectivity index (χ2n) is 8.66. The first-order chi connectivity index (χ1) is 14.4. The number of aromatic nitrogens is 4. The Morgan fingerprint density at radius 1 is 0.967 bits per heavy atom. The minimum absolute atomic E-state index is 0.00195. The molecule has 158 valence electrons. The lowest BCUT2D eigenvalue weighted by Gasteiger charge is -2.12. The van der Waals surface area contributed by atoms with Crippen molar-refractivity contribution in [1.82, 2.24) is 18.7 Å². The molecule has 0 aliphatic rings. The fourth-order valence-electron chi connectivity index (χ4n) is 4.10. The first kappa shape index (κ1) is 20.4. The Kier molecular flexibility index (Phi) is 5.52. The molecule has 0 saturated carbocycles. The smallest absolute Gasteiger partial charge is 0.329 e. The maximum absolute atomic E-state index is 13.3. The summed E-state index contributed by atoms with van der Waals surface area (Å²) in [6.45, 7) is 9.73. The standard InChI is InChI=1S/C24H30N4O2/c1-16(2)11-12-26-22-13-18(15-29)9-10-19(22)25-23(26)14-27-20-7-5-6-8-21(20)28(17(3)4)24(27)30/h5-10,13,16-17,29H,11-12,14-15H2,1-4H3. The van der Waals surface area contributed by atoms with E-state index in [-0.39, 0.29) is 18.3 Å². The molecule has 0 amide bonds. The van der Waals surface area contributed by atoms with E-state index in [0.29, 0.717) is 12.5 Å². The molecular formula is C24H30N4O2. The predicted molar refractivity (Wildman–Crippen MR) is 121 cm³/mol. The highest BCUT2D eigenvalue weighted by Gasteiger charge is 2.18. The Morgan fingerprint density at radius 2 is 1.70 bits per heavy atom. The number of rotatable bonds is 7. The minimum Gasteiger partial charge on any atom is -0.392 e. The maximum Gasteiger partial charge on any atom is 0.329 e. The Hall–Kier alpha value is -2.86. The van der Waals surface area contributed by atoms with Gasteiger partial charge >= 0.3 is 5.69 Å². The summed E-state index contributed by atoms with van der Waals surface area (Å²) in [5.74, 6) is 1.43. The number of aryl methyl sites for hydroxylation is 1. The number of hydrogen-bond donors (Lipinski definition) is 1. The first-order valence-corrected chi connectivity index (χ1v) is 10.7. The quantitative estimate of drug-likeness (QED) is 0.497. The number of fused-ring (bicyclic) bond motifs is 2. The van der Waals surface area contributed by atoms with E-state index in [0.717, 1.165) is 46.4 Å². The van der Waals surface area contributed by atoms with E-state index in [1.165, 1.54) is 0 Å². The van der Waals surface area contributed by atoms with Crippen molar-refractivity contribution >= 4 is 22.1 Å². The van der Waals surface area contributed by atoms with Crippen LogP contribution in [0.4, 0.5) is 0 Å². The van der Waals surface area contributed by atoms with Crippen LogP contribution in [0, 0.1) is 5.92 Å². The Balaban J connectivity index is 1.87. The molecule has 0 aliphatic carbocycles. The number of hydrogen-bond acceptors (Lipinski definition) is 3. The van der Waals surface area contributed by atoms with Gasteiger partial charge in [0.05, 0.1) is 35.2 Å². The minimum atomic E-state index is -0.00953. The van der Waals surface area contributed by atoms with Crippen molar-refractivity contribution in [1.29, 1.82) is 0 Å². The van der Waals surface area contributed by atoms with Gasteiger partial charge in [0.15, 0.2) is 0 Å². The van der Waals surface area contributed by atoms with Gasteiger partial charge < -0.3 is 9.67 Å². The number of benzene rings is 2. The van der Waals surface area contributed by atoms with Gasteiger partial charge in [0.25, 0.3) is 0 Å². The van der Waals surface area contributed by atoms with Crippen LogP contribution in [-0.2, 0) is 19.7 Å². The van der Waals surface area contributed by atoms with Crippen molar-refractivity contribution in [2.75, 3.05) is 0 Å². The zero-order valence-electron chi connectivity index (χ0n) is 18.2. The summed E-state index contributed by atoms with van der Waals surface area (Å²) in [4.78, 5) is 18.2. The summed E-state index contributed by atoms with van der Waals surface area (Å²) in [6, 6.07) is 13.9. The largest absolute Gasteiger partial charge is 0.392 e. The summed E-state index contributed by atoms with van der Waals surface area (Å²) < 4.78 is 5.89. The zero-order chi connectivity index (χ0) is 21.4. The predicted octanol–water partition coefficient (Wildman–Crippen LogP) is 4.32. The highest BCUT2D eigenvalue weighted by molar-refractivity contribution is 5.78. The van der Waals surface area contributed by atoms with Crippen LogP contribution in [0.5, 0.6) is 0 Å². The van der Waals surface area contributed by atoms with Crippen molar-refractivity contribution in [3.05, 3.63) is 64.3 Å². The third-order valence-electron chi connectivity index (χ3n) is 5.69. The molecule has 4 rings (SSSR count). The van der Waals surface area contributed by atoms with E-state index >= 15 is 0 Å². The topological polar surface area (TPSA) is 65.0 Å². The van der Waals surface area contributed by atoms with Gasteiger partial charge in [0, 0.05) is 12.6 Å². The molecule has 0 radical (unpaired) electrons. The Labute approximate surface area is 176 Å².